The van der Waals surface area contributed by atoms with Crippen molar-refractivity contribution in [3.05, 3.63) is 35.9 Å². The third-order valence-corrected chi connectivity index (χ3v) is 4.98. The summed E-state index contributed by atoms with van der Waals surface area (Å²) in [5.74, 6) is 0.783. The molecule has 2 heterocycles. The van der Waals surface area contributed by atoms with Crippen molar-refractivity contribution in [2.45, 2.75) is 32.0 Å². The second kappa shape index (κ2) is 8.78. The van der Waals surface area contributed by atoms with E-state index in [-0.39, 0.29) is 6.10 Å². The number of likely N-dealkylation sites (tertiary alicyclic amines) is 2. The van der Waals surface area contributed by atoms with E-state index in [4.69, 9.17) is 4.74 Å². The van der Waals surface area contributed by atoms with Gasteiger partial charge < -0.3 is 19.6 Å². The average Bonchev–Trinajstić information content (AvgIpc) is 3.21. The van der Waals surface area contributed by atoms with Crippen molar-refractivity contribution in [3.8, 4) is 0 Å². The Bertz CT molecular complexity index is 448. The zero-order valence-electron chi connectivity index (χ0n) is 14.1. The molecule has 0 radical (unpaired) electrons. The maximum atomic E-state index is 10.2. The van der Waals surface area contributed by atoms with Crippen molar-refractivity contribution in [1.82, 2.24) is 9.80 Å². The number of aliphatic hydroxyl groups is 1. The molecule has 2 aliphatic heterocycles. The second-order valence-corrected chi connectivity index (χ2v) is 7.08. The van der Waals surface area contributed by atoms with Gasteiger partial charge in [0.2, 0.25) is 0 Å². The van der Waals surface area contributed by atoms with Gasteiger partial charge in [0.05, 0.1) is 19.3 Å². The maximum absolute atomic E-state index is 10.2. The zero-order valence-corrected chi connectivity index (χ0v) is 14.1. The summed E-state index contributed by atoms with van der Waals surface area (Å²) in [5, 5.41) is 10.2. The lowest BCUT2D eigenvalue weighted by Gasteiger charge is -2.22. The van der Waals surface area contributed by atoms with Crippen LogP contribution in [0.4, 0.5) is 0 Å². The molecule has 2 unspecified atom stereocenters. The summed E-state index contributed by atoms with van der Waals surface area (Å²) in [6, 6.07) is 10.1. The van der Waals surface area contributed by atoms with Crippen LogP contribution in [0.1, 0.15) is 24.8 Å². The molecule has 4 heteroatoms. The number of rotatable bonds is 8. The quantitative estimate of drug-likeness (QED) is 0.795. The summed E-state index contributed by atoms with van der Waals surface area (Å²) in [6.07, 6.45) is 3.62. The normalized spacial score (nSPS) is 24.3. The Morgan fingerprint density at radius 3 is 2.65 bits per heavy atom. The molecule has 0 bridgehead atoms. The van der Waals surface area contributed by atoms with E-state index in [1.165, 1.54) is 38.9 Å². The minimum absolute atomic E-state index is 0.385. The molecule has 1 aromatic carbocycles. The number of aliphatic hydroxyl groups excluding tert-OH is 1. The van der Waals surface area contributed by atoms with Crippen LogP contribution in [0.15, 0.2) is 30.3 Å². The summed E-state index contributed by atoms with van der Waals surface area (Å²) in [6.45, 7) is 7.81. The van der Waals surface area contributed by atoms with Gasteiger partial charge >= 0.3 is 0 Å². The summed E-state index contributed by atoms with van der Waals surface area (Å²) in [4.78, 5) is 5.00. The Labute approximate surface area is 140 Å². The molecular formula is C19H30N2O2. The molecule has 0 spiro atoms. The van der Waals surface area contributed by atoms with E-state index in [1.807, 2.05) is 18.2 Å². The monoisotopic (exact) mass is 318 g/mol. The van der Waals surface area contributed by atoms with E-state index in [1.54, 1.807) is 0 Å². The first-order valence-electron chi connectivity index (χ1n) is 9.04. The van der Waals surface area contributed by atoms with E-state index in [0.29, 0.717) is 13.2 Å². The van der Waals surface area contributed by atoms with Crippen molar-refractivity contribution >= 4 is 0 Å². The second-order valence-electron chi connectivity index (χ2n) is 7.08. The predicted molar refractivity (Wildman–Crippen MR) is 92.3 cm³/mol. The van der Waals surface area contributed by atoms with Crippen molar-refractivity contribution in [1.29, 1.82) is 0 Å². The Morgan fingerprint density at radius 1 is 1.09 bits per heavy atom. The molecule has 128 valence electrons. The first kappa shape index (κ1) is 16.9. The van der Waals surface area contributed by atoms with Gasteiger partial charge in [0.1, 0.15) is 0 Å². The van der Waals surface area contributed by atoms with Gasteiger partial charge in [-0.05, 0) is 50.4 Å². The highest BCUT2D eigenvalue weighted by Gasteiger charge is 2.26. The minimum atomic E-state index is -0.385. The Kier molecular flexibility index (Phi) is 6.46. The molecule has 0 amide bonds. The highest BCUT2D eigenvalue weighted by molar-refractivity contribution is 5.13. The third-order valence-electron chi connectivity index (χ3n) is 4.98. The zero-order chi connectivity index (χ0) is 15.9. The van der Waals surface area contributed by atoms with Crippen molar-refractivity contribution in [3.63, 3.8) is 0 Å². The lowest BCUT2D eigenvalue weighted by atomic mass is 10.1. The highest BCUT2D eigenvalue weighted by Crippen LogP contribution is 2.20. The first-order chi connectivity index (χ1) is 11.3. The standard InChI is InChI=1S/C19H30N2O2/c22-19(16-23-15-17-6-2-1-3-7-17)14-21-11-8-18(13-21)12-20-9-4-5-10-20/h1-3,6-7,18-19,22H,4-5,8-16H2. The van der Waals surface area contributed by atoms with Crippen LogP contribution in [0.25, 0.3) is 0 Å². The van der Waals surface area contributed by atoms with Gasteiger partial charge in [-0.2, -0.15) is 0 Å². The average molecular weight is 318 g/mol. The van der Waals surface area contributed by atoms with Gasteiger partial charge in [0.15, 0.2) is 0 Å². The molecule has 3 rings (SSSR count). The molecule has 2 fully saturated rings. The number of nitrogens with zero attached hydrogens (tertiary/aromatic N) is 2. The molecular weight excluding hydrogens is 288 g/mol. The van der Waals surface area contributed by atoms with Crippen LogP contribution in [0.2, 0.25) is 0 Å². The fourth-order valence-corrected chi connectivity index (χ4v) is 3.80. The molecule has 23 heavy (non-hydrogen) atoms. The van der Waals surface area contributed by atoms with E-state index in [2.05, 4.69) is 21.9 Å². The first-order valence-corrected chi connectivity index (χ1v) is 9.04. The number of benzene rings is 1. The molecule has 2 saturated heterocycles. The third kappa shape index (κ3) is 5.57. The van der Waals surface area contributed by atoms with Crippen LogP contribution in [0.5, 0.6) is 0 Å². The van der Waals surface area contributed by atoms with Gasteiger partial charge in [0.25, 0.3) is 0 Å². The number of β-amino-alcohol motifs (C(OH)–C–C–N with tert-alkyl or cyclic N) is 1. The predicted octanol–water partition coefficient (Wildman–Crippen LogP) is 1.98. The molecule has 1 N–H and O–H groups in total. The summed E-state index contributed by atoms with van der Waals surface area (Å²) in [7, 11) is 0. The van der Waals surface area contributed by atoms with Crippen molar-refractivity contribution in [2.24, 2.45) is 5.92 Å². The minimum Gasteiger partial charge on any atom is -0.389 e. The smallest absolute Gasteiger partial charge is 0.0900 e. The fourth-order valence-electron chi connectivity index (χ4n) is 3.80. The topological polar surface area (TPSA) is 35.9 Å². The molecule has 1 aromatic rings. The largest absolute Gasteiger partial charge is 0.389 e. The molecule has 2 aliphatic rings. The van der Waals surface area contributed by atoms with Gasteiger partial charge in [-0.25, -0.2) is 0 Å². The van der Waals surface area contributed by atoms with Crippen LogP contribution < -0.4 is 0 Å². The Balaban J connectivity index is 1.30. The number of hydrogen-bond acceptors (Lipinski definition) is 4. The van der Waals surface area contributed by atoms with E-state index in [0.717, 1.165) is 31.1 Å². The maximum Gasteiger partial charge on any atom is 0.0900 e. The summed E-state index contributed by atoms with van der Waals surface area (Å²) >= 11 is 0. The molecule has 2 atom stereocenters. The van der Waals surface area contributed by atoms with E-state index < -0.39 is 0 Å². The number of hydrogen-bond donors (Lipinski definition) is 1. The van der Waals surface area contributed by atoms with Gasteiger partial charge in [-0.15, -0.1) is 0 Å². The van der Waals surface area contributed by atoms with Crippen molar-refractivity contribution < 1.29 is 9.84 Å². The summed E-state index contributed by atoms with van der Waals surface area (Å²) < 4.78 is 5.64. The van der Waals surface area contributed by atoms with Gasteiger partial charge in [0, 0.05) is 19.6 Å². The number of ether oxygens (including phenoxy) is 1. The van der Waals surface area contributed by atoms with Crippen LogP contribution in [-0.4, -0.2) is 66.9 Å². The van der Waals surface area contributed by atoms with Gasteiger partial charge in [-0.3, -0.25) is 0 Å². The molecule has 0 aromatic heterocycles. The van der Waals surface area contributed by atoms with Crippen molar-refractivity contribution in [2.75, 3.05) is 45.9 Å². The molecule has 0 aliphatic carbocycles. The molecule has 0 saturated carbocycles. The fraction of sp³-hybridized carbons (Fsp3) is 0.684. The molecule has 4 nitrogen and oxygen atoms in total. The highest BCUT2D eigenvalue weighted by atomic mass is 16.5. The Morgan fingerprint density at radius 2 is 1.87 bits per heavy atom. The lowest BCUT2D eigenvalue weighted by Crippen LogP contribution is -2.34. The lowest BCUT2D eigenvalue weighted by molar-refractivity contribution is 0.0127. The van der Waals surface area contributed by atoms with Crippen LogP contribution in [0, 0.1) is 5.92 Å². The van der Waals surface area contributed by atoms with Gasteiger partial charge in [-0.1, -0.05) is 30.3 Å². The van der Waals surface area contributed by atoms with Crippen LogP contribution in [0.3, 0.4) is 0 Å². The van der Waals surface area contributed by atoms with E-state index >= 15 is 0 Å². The Hall–Kier alpha value is -0.940. The van der Waals surface area contributed by atoms with E-state index in [9.17, 15) is 5.11 Å². The summed E-state index contributed by atoms with van der Waals surface area (Å²) in [5.41, 5.74) is 1.16. The van der Waals surface area contributed by atoms with Crippen LogP contribution >= 0.6 is 0 Å². The van der Waals surface area contributed by atoms with Crippen LogP contribution in [-0.2, 0) is 11.3 Å². The SMILES string of the molecule is OC(COCc1ccccc1)CN1CCC(CN2CCCC2)C1.